The number of benzene rings is 1. The van der Waals surface area contributed by atoms with Crippen LogP contribution in [0.25, 0.3) is 11.0 Å². The lowest BCUT2D eigenvalue weighted by Crippen LogP contribution is -2.52. The molecule has 2 aliphatic carbocycles. The number of aryl methyl sites for hydroxylation is 1. The quantitative estimate of drug-likeness (QED) is 0.445. The fourth-order valence-electron chi connectivity index (χ4n) is 8.46. The number of para-hydroxylation sites is 2. The number of carbonyl (C=O) groups excluding carboxylic acids is 1. The first kappa shape index (κ1) is 25.1. The molecule has 4 aliphatic rings. The summed E-state index contributed by atoms with van der Waals surface area (Å²) in [5.74, 6) is 1.68. The van der Waals surface area contributed by atoms with Crippen LogP contribution in [0.15, 0.2) is 29.1 Å². The smallest absolute Gasteiger partial charge is 0.305 e. The van der Waals surface area contributed by atoms with Gasteiger partial charge in [-0.2, -0.15) is 0 Å². The zero-order valence-electron chi connectivity index (χ0n) is 22.4. The number of carbonyl (C=O) groups is 1. The summed E-state index contributed by atoms with van der Waals surface area (Å²) in [5, 5.41) is 0. The van der Waals surface area contributed by atoms with Gasteiger partial charge in [-0.3, -0.25) is 14.5 Å². The molecule has 2 saturated heterocycles. The van der Waals surface area contributed by atoms with E-state index in [-0.39, 0.29) is 17.6 Å². The summed E-state index contributed by atoms with van der Waals surface area (Å²) in [7, 11) is 0. The van der Waals surface area contributed by atoms with Crippen LogP contribution in [0, 0.1) is 11.8 Å². The van der Waals surface area contributed by atoms with Gasteiger partial charge in [0.05, 0.1) is 17.6 Å². The van der Waals surface area contributed by atoms with Crippen molar-refractivity contribution in [2.75, 3.05) is 6.61 Å². The normalized spacial score (nSPS) is 31.8. The largest absolute Gasteiger partial charge is 0.466 e. The van der Waals surface area contributed by atoms with Crippen molar-refractivity contribution in [2.24, 2.45) is 11.8 Å². The molecule has 37 heavy (non-hydrogen) atoms. The van der Waals surface area contributed by atoms with Crippen molar-refractivity contribution < 1.29 is 9.53 Å². The lowest BCUT2D eigenvalue weighted by molar-refractivity contribution is -0.143. The Morgan fingerprint density at radius 3 is 2.32 bits per heavy atom. The molecule has 2 aliphatic heterocycles. The minimum absolute atomic E-state index is 0.0455. The molecule has 0 spiro atoms. The van der Waals surface area contributed by atoms with E-state index < -0.39 is 0 Å². The molecule has 6 heteroatoms. The van der Waals surface area contributed by atoms with Crippen molar-refractivity contribution in [3.63, 3.8) is 0 Å². The van der Waals surface area contributed by atoms with Gasteiger partial charge in [-0.15, -0.1) is 0 Å². The standard InChI is InChI=1S/C31H43N3O3/c1-2-37-30(35)13-7-11-28-31(36)34(29-12-6-5-10-27(29)32-28)26-19-23-14-15-24(20-26)33(23)25-17-21-8-3-4-9-22(16-21)18-25/h5-6,10,12,21-26H,2-4,7-9,11,13-20H2,1H3/t21?,22?,23-,24?,25?,26+/m1/s1. The molecule has 3 unspecified atom stereocenters. The number of hydrogen-bond donors (Lipinski definition) is 0. The topological polar surface area (TPSA) is 64.4 Å². The molecule has 6 nitrogen and oxygen atoms in total. The molecule has 2 aromatic rings. The fraction of sp³-hybridized carbons (Fsp3) is 0.710. The van der Waals surface area contributed by atoms with Crippen LogP contribution >= 0.6 is 0 Å². The Morgan fingerprint density at radius 2 is 1.62 bits per heavy atom. The van der Waals surface area contributed by atoms with Gasteiger partial charge in [-0.05, 0) is 88.7 Å². The molecule has 1 aromatic carbocycles. The average molecular weight is 506 g/mol. The van der Waals surface area contributed by atoms with E-state index in [1.807, 2.05) is 25.1 Å². The zero-order chi connectivity index (χ0) is 25.4. The summed E-state index contributed by atoms with van der Waals surface area (Å²) in [6, 6.07) is 10.3. The molecular formula is C31H43N3O3. The molecule has 6 rings (SSSR count). The highest BCUT2D eigenvalue weighted by molar-refractivity contribution is 5.75. The van der Waals surface area contributed by atoms with E-state index in [1.165, 1.54) is 57.8 Å². The minimum atomic E-state index is -0.199. The van der Waals surface area contributed by atoms with Gasteiger partial charge in [-0.1, -0.05) is 37.8 Å². The van der Waals surface area contributed by atoms with E-state index in [2.05, 4.69) is 15.5 Å². The summed E-state index contributed by atoms with van der Waals surface area (Å²) in [6.07, 6.45) is 16.1. The molecule has 3 heterocycles. The maximum Gasteiger partial charge on any atom is 0.305 e. The van der Waals surface area contributed by atoms with Gasteiger partial charge in [0.2, 0.25) is 0 Å². The van der Waals surface area contributed by atoms with E-state index in [0.717, 1.165) is 41.8 Å². The van der Waals surface area contributed by atoms with E-state index in [9.17, 15) is 9.59 Å². The van der Waals surface area contributed by atoms with Gasteiger partial charge in [0.25, 0.3) is 5.56 Å². The molecule has 0 radical (unpaired) electrons. The number of hydrogen-bond acceptors (Lipinski definition) is 5. The van der Waals surface area contributed by atoms with Crippen LogP contribution in [0.1, 0.15) is 102 Å². The number of rotatable bonds is 7. The second-order valence-electron chi connectivity index (χ2n) is 12.2. The van der Waals surface area contributed by atoms with Gasteiger partial charge in [0.15, 0.2) is 0 Å². The van der Waals surface area contributed by atoms with Crippen LogP contribution in [0.5, 0.6) is 0 Å². The van der Waals surface area contributed by atoms with E-state index >= 15 is 0 Å². The Bertz CT molecular complexity index is 1150. The Morgan fingerprint density at radius 1 is 0.919 bits per heavy atom. The molecule has 5 atom stereocenters. The maximum atomic E-state index is 13.8. The SMILES string of the molecule is CCOC(=O)CCCc1nc2ccccc2n([C@@H]2CC3CC[C@H](C2)N3C2CC3CCCCC(C3)C2)c1=O. The number of nitrogens with zero attached hydrogens (tertiary/aromatic N) is 3. The zero-order valence-corrected chi connectivity index (χ0v) is 22.4. The van der Waals surface area contributed by atoms with Crippen molar-refractivity contribution in [3.05, 3.63) is 40.3 Å². The van der Waals surface area contributed by atoms with Gasteiger partial charge < -0.3 is 9.30 Å². The van der Waals surface area contributed by atoms with Crippen LogP contribution in [-0.4, -0.2) is 45.2 Å². The summed E-state index contributed by atoms with van der Waals surface area (Å²) < 4.78 is 7.16. The van der Waals surface area contributed by atoms with Crippen molar-refractivity contribution >= 4 is 17.0 Å². The highest BCUT2D eigenvalue weighted by atomic mass is 16.5. The Kier molecular flexibility index (Phi) is 7.38. The Labute approximate surface area is 220 Å². The number of piperidine rings is 1. The first-order valence-corrected chi connectivity index (χ1v) is 15.0. The summed E-state index contributed by atoms with van der Waals surface area (Å²) in [5.41, 5.74) is 2.49. The minimum Gasteiger partial charge on any atom is -0.466 e. The van der Waals surface area contributed by atoms with Gasteiger partial charge in [0.1, 0.15) is 5.69 Å². The maximum absolute atomic E-state index is 13.8. The third-order valence-electron chi connectivity index (χ3n) is 9.87. The predicted octanol–water partition coefficient (Wildman–Crippen LogP) is 5.81. The summed E-state index contributed by atoms with van der Waals surface area (Å²) >= 11 is 0. The predicted molar refractivity (Wildman–Crippen MR) is 146 cm³/mol. The van der Waals surface area contributed by atoms with Crippen LogP contribution in [0.3, 0.4) is 0 Å². The number of aromatic nitrogens is 2. The number of esters is 1. The Balaban J connectivity index is 1.23. The van der Waals surface area contributed by atoms with Crippen LogP contribution in [-0.2, 0) is 16.0 Å². The first-order chi connectivity index (χ1) is 18.1. The van der Waals surface area contributed by atoms with Crippen molar-refractivity contribution in [1.82, 2.24) is 14.5 Å². The molecule has 1 aromatic heterocycles. The van der Waals surface area contributed by atoms with E-state index in [4.69, 9.17) is 9.72 Å². The van der Waals surface area contributed by atoms with Gasteiger partial charge >= 0.3 is 5.97 Å². The van der Waals surface area contributed by atoms with Crippen LogP contribution < -0.4 is 5.56 Å². The highest BCUT2D eigenvalue weighted by Gasteiger charge is 2.46. The molecular weight excluding hydrogens is 462 g/mol. The first-order valence-electron chi connectivity index (χ1n) is 15.0. The van der Waals surface area contributed by atoms with Gasteiger partial charge in [0, 0.05) is 30.6 Å². The van der Waals surface area contributed by atoms with Crippen LogP contribution in [0.4, 0.5) is 0 Å². The van der Waals surface area contributed by atoms with Crippen molar-refractivity contribution in [1.29, 1.82) is 0 Å². The second-order valence-corrected chi connectivity index (χ2v) is 12.2. The highest BCUT2D eigenvalue weighted by Crippen LogP contribution is 2.47. The molecule has 0 amide bonds. The number of fused-ring (bicyclic) bond motifs is 5. The molecule has 4 bridgehead atoms. The average Bonchev–Trinajstić information content (AvgIpc) is 3.04. The molecule has 4 fully saturated rings. The Hall–Kier alpha value is -2.21. The third kappa shape index (κ3) is 5.10. The summed E-state index contributed by atoms with van der Waals surface area (Å²) in [4.78, 5) is 33.4. The van der Waals surface area contributed by atoms with Crippen molar-refractivity contribution in [3.8, 4) is 0 Å². The fourth-order valence-corrected chi connectivity index (χ4v) is 8.46. The molecule has 0 N–H and O–H groups in total. The third-order valence-corrected chi connectivity index (χ3v) is 9.87. The number of ether oxygens (including phenoxy) is 1. The van der Waals surface area contributed by atoms with Crippen LogP contribution in [0.2, 0.25) is 0 Å². The molecule has 200 valence electrons. The van der Waals surface area contributed by atoms with E-state index in [1.54, 1.807) is 0 Å². The van der Waals surface area contributed by atoms with Crippen molar-refractivity contribution in [2.45, 2.75) is 121 Å². The lowest BCUT2D eigenvalue weighted by Gasteiger charge is -2.48. The molecule has 2 saturated carbocycles. The van der Waals surface area contributed by atoms with Gasteiger partial charge in [-0.25, -0.2) is 4.98 Å². The monoisotopic (exact) mass is 505 g/mol. The summed E-state index contributed by atoms with van der Waals surface area (Å²) in [6.45, 7) is 2.21. The second kappa shape index (κ2) is 10.9. The van der Waals surface area contributed by atoms with E-state index in [0.29, 0.717) is 43.6 Å². The lowest BCUT2D eigenvalue weighted by atomic mass is 9.76.